The zero-order valence-electron chi connectivity index (χ0n) is 21.2. The Bertz CT molecular complexity index is 1920. The molecule has 0 aliphatic carbocycles. The Balaban J connectivity index is 1.46. The first-order chi connectivity index (χ1) is 19.6. The molecule has 2 aromatic heterocycles. The van der Waals surface area contributed by atoms with Crippen molar-refractivity contribution in [3.8, 4) is 0 Å². The first-order valence-electron chi connectivity index (χ1n) is 12.8. The van der Waals surface area contributed by atoms with E-state index in [0.717, 1.165) is 43.6 Å². The fraction of sp³-hybridized carbons (Fsp3) is 0. The number of nitrogens with zero attached hydrogens (tertiary/aromatic N) is 2. The molecule has 7 rings (SSSR count). The smallest absolute Gasteiger partial charge is 0.265 e. The monoisotopic (exact) mass is 522 g/mol. The van der Waals surface area contributed by atoms with Crippen LogP contribution in [0.4, 0.5) is 0 Å². The Morgan fingerprint density at radius 3 is 1.10 bits per heavy atom. The molecule has 3 N–H and O–H groups in total. The standard InChI is InChI=1S/C33H22N4O3/c34-35-31(38)20-17-21(32(39)36-27-13-5-1-9-23(27)24-10-2-6-14-28(24)36)19-22(18-20)33(40)37-29-15-7-3-11-25(29)26-12-4-8-16-30(26)37/h1-19H,34H2,(H,35,38). The average Bonchev–Trinajstić information content (AvgIpc) is 3.53. The van der Waals surface area contributed by atoms with E-state index in [1.165, 1.54) is 12.1 Å². The van der Waals surface area contributed by atoms with Crippen LogP contribution in [0.5, 0.6) is 0 Å². The molecular formula is C33H22N4O3. The van der Waals surface area contributed by atoms with Gasteiger partial charge >= 0.3 is 0 Å². The van der Waals surface area contributed by atoms with Gasteiger partial charge in [0.05, 0.1) is 22.1 Å². The molecule has 1 amide bonds. The summed E-state index contributed by atoms with van der Waals surface area (Å²) < 4.78 is 3.25. The number of carbonyl (C=O) groups is 3. The first-order valence-corrected chi connectivity index (χ1v) is 12.8. The number of nitrogen functional groups attached to an aromatic ring is 1. The van der Waals surface area contributed by atoms with Gasteiger partial charge in [-0.1, -0.05) is 72.8 Å². The summed E-state index contributed by atoms with van der Waals surface area (Å²) in [5, 5.41) is 3.74. The zero-order valence-corrected chi connectivity index (χ0v) is 21.2. The maximum absolute atomic E-state index is 14.2. The number of amides is 1. The number of rotatable bonds is 3. The molecule has 7 nitrogen and oxygen atoms in total. The predicted molar refractivity (Wildman–Crippen MR) is 156 cm³/mol. The number of nitrogens with two attached hydrogens (primary N) is 1. The lowest BCUT2D eigenvalue weighted by Gasteiger charge is -2.12. The molecule has 7 heteroatoms. The number of aromatic nitrogens is 2. The highest BCUT2D eigenvalue weighted by Crippen LogP contribution is 2.32. The SMILES string of the molecule is NNC(=O)c1cc(C(=O)n2c3ccccc3c3ccccc32)cc(C(=O)n2c3ccccc3c3ccccc32)c1. The fourth-order valence-electron chi connectivity index (χ4n) is 5.63. The maximum Gasteiger partial charge on any atom is 0.265 e. The third-order valence-corrected chi connectivity index (χ3v) is 7.39. The Morgan fingerprint density at radius 1 is 0.475 bits per heavy atom. The summed E-state index contributed by atoms with van der Waals surface area (Å²) in [5.74, 6) is 4.14. The van der Waals surface area contributed by atoms with E-state index in [2.05, 4.69) is 5.43 Å². The van der Waals surface area contributed by atoms with Crippen molar-refractivity contribution in [3.05, 3.63) is 132 Å². The summed E-state index contributed by atoms with van der Waals surface area (Å²) in [7, 11) is 0. The van der Waals surface area contributed by atoms with E-state index in [9.17, 15) is 14.4 Å². The molecule has 0 aliphatic heterocycles. The number of hydrazine groups is 1. The molecule has 7 aromatic rings. The van der Waals surface area contributed by atoms with Crippen LogP contribution in [0, 0.1) is 0 Å². The van der Waals surface area contributed by atoms with Gasteiger partial charge in [0, 0.05) is 38.2 Å². The fourth-order valence-corrected chi connectivity index (χ4v) is 5.63. The van der Waals surface area contributed by atoms with Crippen LogP contribution in [-0.4, -0.2) is 26.9 Å². The second kappa shape index (κ2) is 9.04. The summed E-state index contributed by atoms with van der Waals surface area (Å²) in [6, 6.07) is 35.1. The molecule has 0 atom stereocenters. The van der Waals surface area contributed by atoms with E-state index in [1.807, 2.05) is 97.1 Å². The first kappa shape index (κ1) is 23.6. The number of hydrogen-bond donors (Lipinski definition) is 2. The van der Waals surface area contributed by atoms with Crippen molar-refractivity contribution in [1.29, 1.82) is 0 Å². The second-order valence-corrected chi connectivity index (χ2v) is 9.62. The summed E-state index contributed by atoms with van der Waals surface area (Å²) in [5.41, 5.74) is 5.55. The Labute approximate surface area is 228 Å². The molecule has 0 spiro atoms. The Morgan fingerprint density at radius 2 is 0.775 bits per heavy atom. The number of hydrogen-bond acceptors (Lipinski definition) is 4. The summed E-state index contributed by atoms with van der Waals surface area (Å²) in [6.07, 6.45) is 0. The van der Waals surface area contributed by atoms with E-state index in [4.69, 9.17) is 5.84 Å². The number of fused-ring (bicyclic) bond motifs is 6. The van der Waals surface area contributed by atoms with Gasteiger partial charge in [0.1, 0.15) is 0 Å². The number of nitrogens with one attached hydrogen (secondary N) is 1. The third-order valence-electron chi connectivity index (χ3n) is 7.39. The summed E-state index contributed by atoms with van der Waals surface area (Å²) in [6.45, 7) is 0. The van der Waals surface area contributed by atoms with Crippen LogP contribution in [-0.2, 0) is 0 Å². The van der Waals surface area contributed by atoms with Crippen molar-refractivity contribution in [2.24, 2.45) is 5.84 Å². The minimum Gasteiger partial charge on any atom is -0.290 e. The zero-order chi connectivity index (χ0) is 27.4. The van der Waals surface area contributed by atoms with Crippen molar-refractivity contribution < 1.29 is 14.4 Å². The average molecular weight is 523 g/mol. The van der Waals surface area contributed by atoms with Gasteiger partial charge in [0.2, 0.25) is 0 Å². The molecule has 2 heterocycles. The molecule has 0 radical (unpaired) electrons. The summed E-state index contributed by atoms with van der Waals surface area (Å²) in [4.78, 5) is 41.0. The van der Waals surface area contributed by atoms with Crippen LogP contribution in [0.2, 0.25) is 0 Å². The second-order valence-electron chi connectivity index (χ2n) is 9.62. The van der Waals surface area contributed by atoms with Crippen molar-refractivity contribution >= 4 is 61.3 Å². The molecule has 40 heavy (non-hydrogen) atoms. The molecule has 0 bridgehead atoms. The Hall–Kier alpha value is -5.53. The van der Waals surface area contributed by atoms with Gasteiger partial charge in [-0.3, -0.25) is 28.9 Å². The van der Waals surface area contributed by atoms with Gasteiger partial charge in [0.25, 0.3) is 17.7 Å². The van der Waals surface area contributed by atoms with Crippen LogP contribution in [0.3, 0.4) is 0 Å². The Kier molecular flexibility index (Phi) is 5.33. The largest absolute Gasteiger partial charge is 0.290 e. The van der Waals surface area contributed by atoms with Gasteiger partial charge in [-0.05, 0) is 42.5 Å². The van der Waals surface area contributed by atoms with Crippen molar-refractivity contribution in [2.75, 3.05) is 0 Å². The van der Waals surface area contributed by atoms with Crippen molar-refractivity contribution in [1.82, 2.24) is 14.6 Å². The van der Waals surface area contributed by atoms with Gasteiger partial charge in [0.15, 0.2) is 0 Å². The van der Waals surface area contributed by atoms with Crippen LogP contribution >= 0.6 is 0 Å². The molecule has 5 aromatic carbocycles. The van der Waals surface area contributed by atoms with Gasteiger partial charge in [-0.25, -0.2) is 5.84 Å². The van der Waals surface area contributed by atoms with E-state index < -0.39 is 5.91 Å². The summed E-state index contributed by atoms with van der Waals surface area (Å²) >= 11 is 0. The normalized spacial score (nSPS) is 11.4. The van der Waals surface area contributed by atoms with E-state index in [0.29, 0.717) is 0 Å². The van der Waals surface area contributed by atoms with Gasteiger partial charge in [-0.2, -0.15) is 0 Å². The minimum absolute atomic E-state index is 0.109. The molecule has 0 saturated carbocycles. The van der Waals surface area contributed by atoms with Crippen LogP contribution in [0.15, 0.2) is 115 Å². The van der Waals surface area contributed by atoms with E-state index in [-0.39, 0.29) is 28.5 Å². The van der Waals surface area contributed by atoms with Gasteiger partial charge in [-0.15, -0.1) is 0 Å². The topological polar surface area (TPSA) is 99.1 Å². The number of carbonyl (C=O) groups excluding carboxylic acids is 3. The number of benzene rings is 5. The van der Waals surface area contributed by atoms with Crippen molar-refractivity contribution in [3.63, 3.8) is 0 Å². The van der Waals surface area contributed by atoms with Crippen LogP contribution < -0.4 is 11.3 Å². The maximum atomic E-state index is 14.2. The van der Waals surface area contributed by atoms with E-state index in [1.54, 1.807) is 15.2 Å². The number of para-hydroxylation sites is 4. The molecule has 0 aliphatic rings. The lowest BCUT2D eigenvalue weighted by molar-refractivity contribution is 0.0953. The van der Waals surface area contributed by atoms with Crippen molar-refractivity contribution in [2.45, 2.75) is 0 Å². The highest BCUT2D eigenvalue weighted by Gasteiger charge is 2.23. The van der Waals surface area contributed by atoms with E-state index >= 15 is 0 Å². The van der Waals surface area contributed by atoms with Crippen LogP contribution in [0.1, 0.15) is 31.1 Å². The molecule has 192 valence electrons. The predicted octanol–water partition coefficient (Wildman–Crippen LogP) is 5.88. The molecule has 0 saturated heterocycles. The minimum atomic E-state index is -0.604. The lowest BCUT2D eigenvalue weighted by atomic mass is 10.0. The van der Waals surface area contributed by atoms with Crippen LogP contribution in [0.25, 0.3) is 43.6 Å². The van der Waals surface area contributed by atoms with Gasteiger partial charge < -0.3 is 0 Å². The molecular weight excluding hydrogens is 500 g/mol. The third kappa shape index (κ3) is 3.46. The highest BCUT2D eigenvalue weighted by molar-refractivity contribution is 6.19. The molecule has 0 unspecified atom stereocenters. The highest BCUT2D eigenvalue weighted by atomic mass is 16.2. The molecule has 0 fully saturated rings. The quantitative estimate of drug-likeness (QED) is 0.172. The lowest BCUT2D eigenvalue weighted by Crippen LogP contribution is -2.30.